The average molecular weight is 488 g/mol. The molecular weight excluding hydrogens is 458 g/mol. The standard InChI is InChI=1S/C24H29N11O/c1-4-5-9-20-15-33(22-28-31-32-35(22)17(2)3)23(36)34(20)16-24(10-12-25-13-11-24)19-8-6-7-18(14-19)21-26-29-30-27-21/h6-8,10,12-15,17H,4-5,9,11,16H2,1-3H3,(H,26,27,29,30). The molecule has 5 rings (SSSR count). The van der Waals surface area contributed by atoms with E-state index >= 15 is 0 Å². The number of allylic oxidation sites excluding steroid dienone is 1. The first-order chi connectivity index (χ1) is 17.5. The maximum absolute atomic E-state index is 13.9. The Labute approximate surface area is 207 Å². The molecule has 12 heteroatoms. The molecule has 0 radical (unpaired) electrons. The number of hydrogen-bond acceptors (Lipinski definition) is 8. The number of hydrogen-bond donors (Lipinski definition) is 1. The van der Waals surface area contributed by atoms with Crippen molar-refractivity contribution in [1.29, 1.82) is 0 Å². The van der Waals surface area contributed by atoms with E-state index in [1.165, 1.54) is 0 Å². The number of aliphatic imine (C=N–C) groups is 1. The molecule has 1 unspecified atom stereocenters. The van der Waals surface area contributed by atoms with Crippen LogP contribution in [-0.4, -0.2) is 56.2 Å². The number of rotatable bonds is 9. The van der Waals surface area contributed by atoms with E-state index < -0.39 is 5.41 Å². The van der Waals surface area contributed by atoms with Gasteiger partial charge in [-0.15, -0.1) is 10.2 Å². The molecule has 1 aromatic carbocycles. The van der Waals surface area contributed by atoms with E-state index in [1.54, 1.807) is 15.4 Å². The first kappa shape index (κ1) is 23.5. The van der Waals surface area contributed by atoms with Crippen LogP contribution in [0.2, 0.25) is 0 Å². The topological polar surface area (TPSA) is 137 Å². The molecule has 1 aliphatic rings. The van der Waals surface area contributed by atoms with E-state index in [1.807, 2.05) is 43.0 Å². The number of nitrogens with zero attached hydrogens (tertiary/aromatic N) is 10. The second-order valence-electron chi connectivity index (χ2n) is 9.30. The molecule has 36 heavy (non-hydrogen) atoms. The maximum atomic E-state index is 13.9. The molecule has 0 spiro atoms. The molecule has 0 aliphatic carbocycles. The van der Waals surface area contributed by atoms with Crippen LogP contribution in [0.15, 0.2) is 52.5 Å². The first-order valence-electron chi connectivity index (χ1n) is 12.2. The quantitative estimate of drug-likeness (QED) is 0.383. The summed E-state index contributed by atoms with van der Waals surface area (Å²) < 4.78 is 5.08. The Morgan fingerprint density at radius 1 is 1.22 bits per heavy atom. The summed E-state index contributed by atoms with van der Waals surface area (Å²) in [5.41, 5.74) is 2.19. The van der Waals surface area contributed by atoms with Crippen molar-refractivity contribution < 1.29 is 0 Å². The van der Waals surface area contributed by atoms with Crippen molar-refractivity contribution in [2.24, 2.45) is 4.99 Å². The Balaban J connectivity index is 1.61. The molecule has 0 fully saturated rings. The number of aromatic amines is 1. The molecule has 186 valence electrons. The van der Waals surface area contributed by atoms with Crippen LogP contribution in [0.1, 0.15) is 57.3 Å². The van der Waals surface area contributed by atoms with Gasteiger partial charge in [0.25, 0.3) is 5.95 Å². The summed E-state index contributed by atoms with van der Waals surface area (Å²) in [6, 6.07) is 8.07. The second-order valence-corrected chi connectivity index (χ2v) is 9.30. The first-order valence-corrected chi connectivity index (χ1v) is 12.2. The van der Waals surface area contributed by atoms with Crippen molar-refractivity contribution in [1.82, 2.24) is 50.0 Å². The number of nitrogens with one attached hydrogen (secondary N) is 1. The van der Waals surface area contributed by atoms with Gasteiger partial charge in [-0.1, -0.05) is 42.7 Å². The van der Waals surface area contributed by atoms with Gasteiger partial charge < -0.3 is 0 Å². The van der Waals surface area contributed by atoms with E-state index in [0.29, 0.717) is 24.7 Å². The van der Waals surface area contributed by atoms with Crippen molar-refractivity contribution in [2.75, 3.05) is 0 Å². The SMILES string of the molecule is CCCCc1cn(-c2nnnn2C(C)C)c(=O)n1CC1(c2cccc(-c3nn[nH]n3)c2)C=CN=CC1. The smallest absolute Gasteiger partial charge is 0.295 e. The van der Waals surface area contributed by atoms with Crippen molar-refractivity contribution >= 4 is 6.21 Å². The Morgan fingerprint density at radius 3 is 2.83 bits per heavy atom. The molecule has 4 aromatic rings. The lowest BCUT2D eigenvalue weighted by Crippen LogP contribution is -2.37. The van der Waals surface area contributed by atoms with Crippen LogP contribution >= 0.6 is 0 Å². The molecule has 3 aromatic heterocycles. The number of tetrazole rings is 2. The van der Waals surface area contributed by atoms with E-state index in [2.05, 4.69) is 66.3 Å². The number of aryl methyl sites for hydroxylation is 1. The highest BCUT2D eigenvalue weighted by molar-refractivity contribution is 5.65. The zero-order valence-electron chi connectivity index (χ0n) is 20.6. The fraction of sp³-hybridized carbons (Fsp3) is 0.417. The molecule has 0 bridgehead atoms. The fourth-order valence-corrected chi connectivity index (χ4v) is 4.57. The van der Waals surface area contributed by atoms with Gasteiger partial charge in [-0.2, -0.15) is 5.21 Å². The predicted octanol–water partition coefficient (Wildman–Crippen LogP) is 2.66. The van der Waals surface area contributed by atoms with Gasteiger partial charge in [-0.25, -0.2) is 14.0 Å². The van der Waals surface area contributed by atoms with Crippen LogP contribution in [0.5, 0.6) is 0 Å². The second kappa shape index (κ2) is 9.80. The molecule has 0 saturated carbocycles. The van der Waals surface area contributed by atoms with Gasteiger partial charge in [0.1, 0.15) is 0 Å². The molecule has 1 aliphatic heterocycles. The largest absolute Gasteiger partial charge is 0.335 e. The zero-order valence-corrected chi connectivity index (χ0v) is 20.6. The number of H-pyrrole nitrogens is 1. The van der Waals surface area contributed by atoms with E-state index in [4.69, 9.17) is 0 Å². The molecule has 0 amide bonds. The summed E-state index contributed by atoms with van der Waals surface area (Å²) >= 11 is 0. The predicted molar refractivity (Wildman–Crippen MR) is 134 cm³/mol. The monoisotopic (exact) mass is 487 g/mol. The zero-order chi connectivity index (χ0) is 25.1. The van der Waals surface area contributed by atoms with Gasteiger partial charge in [0.15, 0.2) is 0 Å². The third kappa shape index (κ3) is 4.30. The van der Waals surface area contributed by atoms with E-state index in [9.17, 15) is 4.79 Å². The normalized spacial score (nSPS) is 17.3. The lowest BCUT2D eigenvalue weighted by Gasteiger charge is -2.32. The lowest BCUT2D eigenvalue weighted by atomic mass is 9.76. The summed E-state index contributed by atoms with van der Waals surface area (Å²) in [7, 11) is 0. The van der Waals surface area contributed by atoms with Crippen molar-refractivity contribution in [2.45, 2.75) is 64.5 Å². The molecule has 1 atom stereocenters. The van der Waals surface area contributed by atoms with Gasteiger partial charge in [0.2, 0.25) is 5.82 Å². The average Bonchev–Trinajstić information content (AvgIpc) is 3.65. The van der Waals surface area contributed by atoms with Gasteiger partial charge in [-0.05, 0) is 60.4 Å². The fourth-order valence-electron chi connectivity index (χ4n) is 4.57. The Hall–Kier alpha value is -4.22. The Bertz CT molecular complexity index is 1440. The highest BCUT2D eigenvalue weighted by Gasteiger charge is 2.33. The number of aromatic nitrogens is 10. The van der Waals surface area contributed by atoms with Gasteiger partial charge in [-0.3, -0.25) is 9.56 Å². The molecule has 12 nitrogen and oxygen atoms in total. The summed E-state index contributed by atoms with van der Waals surface area (Å²) in [5, 5.41) is 26.5. The molecule has 0 saturated heterocycles. The van der Waals surface area contributed by atoms with Gasteiger partial charge in [0.05, 0.1) is 6.04 Å². The number of imidazole rings is 1. The molecular formula is C24H29N11O. The minimum atomic E-state index is -0.484. The van der Waals surface area contributed by atoms with Crippen molar-refractivity contribution in [3.63, 3.8) is 0 Å². The molecule has 1 N–H and O–H groups in total. The Kier molecular flexibility index (Phi) is 6.40. The number of unbranched alkanes of at least 4 members (excludes halogenated alkanes) is 1. The Morgan fingerprint density at radius 2 is 2.11 bits per heavy atom. The number of benzene rings is 1. The minimum absolute atomic E-state index is 0.0149. The maximum Gasteiger partial charge on any atom is 0.335 e. The van der Waals surface area contributed by atoms with E-state index in [0.717, 1.165) is 36.1 Å². The van der Waals surface area contributed by atoms with Crippen LogP contribution in [0.3, 0.4) is 0 Å². The van der Waals surface area contributed by atoms with Crippen molar-refractivity contribution in [3.05, 3.63) is 64.5 Å². The highest BCUT2D eigenvalue weighted by Crippen LogP contribution is 2.35. The summed E-state index contributed by atoms with van der Waals surface area (Å²) in [6.45, 7) is 6.55. The molecule has 4 heterocycles. The summed E-state index contributed by atoms with van der Waals surface area (Å²) in [6.07, 6.45) is 11.1. The van der Waals surface area contributed by atoms with Gasteiger partial charge in [0, 0.05) is 41.8 Å². The summed E-state index contributed by atoms with van der Waals surface area (Å²) in [5.74, 6) is 0.938. The third-order valence-corrected chi connectivity index (χ3v) is 6.55. The van der Waals surface area contributed by atoms with Gasteiger partial charge >= 0.3 is 5.69 Å². The highest BCUT2D eigenvalue weighted by atomic mass is 16.2. The minimum Gasteiger partial charge on any atom is -0.295 e. The van der Waals surface area contributed by atoms with E-state index in [-0.39, 0.29) is 11.7 Å². The van der Waals surface area contributed by atoms with Crippen LogP contribution in [-0.2, 0) is 18.4 Å². The van der Waals surface area contributed by atoms with Crippen LogP contribution in [0.25, 0.3) is 17.3 Å². The van der Waals surface area contributed by atoms with Crippen molar-refractivity contribution in [3.8, 4) is 17.3 Å². The lowest BCUT2D eigenvalue weighted by molar-refractivity contribution is 0.437. The van der Waals surface area contributed by atoms with Crippen LogP contribution < -0.4 is 5.69 Å². The summed E-state index contributed by atoms with van der Waals surface area (Å²) in [4.78, 5) is 18.2. The van der Waals surface area contributed by atoms with Crippen LogP contribution in [0, 0.1) is 0 Å². The third-order valence-electron chi connectivity index (χ3n) is 6.55. The van der Waals surface area contributed by atoms with Crippen LogP contribution in [0.4, 0.5) is 0 Å².